The molecule has 8 aliphatic rings. The van der Waals surface area contributed by atoms with E-state index in [1.54, 1.807) is 62.4 Å². The van der Waals surface area contributed by atoms with E-state index in [2.05, 4.69) is 39.8 Å². The van der Waals surface area contributed by atoms with Gasteiger partial charge in [0.05, 0.1) is 11.6 Å². The van der Waals surface area contributed by atoms with Crippen LogP contribution in [0.15, 0.2) is 84.0 Å². The van der Waals surface area contributed by atoms with Crippen molar-refractivity contribution in [3.05, 3.63) is 108 Å². The summed E-state index contributed by atoms with van der Waals surface area (Å²) in [5.74, 6) is 4.94. The Balaban J connectivity index is 0.000000185. The minimum Gasteiger partial charge on any atom is -0.852 e. The first kappa shape index (κ1) is 59.5. The standard InChI is InChI=1S/2C21H31O2.2C10H9O2.ClH.Ti/c2*1-13(22)17-6-7-18-16-5-4-14-12-15(23)8-10-20(14,2)19(16)9-11-21(17,18)3;2*1-8(11)7-10(12)9-5-3-2-4-6-9;;/h2*4,15-19H,5-12H2,1-3H3;2*2-7H,1H3;1H;/q4*-1;;+4/t2*15-,16-,17+,18?,19?,20-,21+;;;;/m00..../s1. The second-order valence-corrected chi connectivity index (χ2v) is 23.8. The first-order valence-electron chi connectivity index (χ1n) is 26.7. The molecular formula is C62H81ClO8Ti. The summed E-state index contributed by atoms with van der Waals surface area (Å²) in [6.45, 7) is 16.0. The van der Waals surface area contributed by atoms with Crippen LogP contribution < -0.4 is 10.2 Å². The van der Waals surface area contributed by atoms with Crippen LogP contribution in [-0.4, -0.2) is 46.9 Å². The van der Waals surface area contributed by atoms with Gasteiger partial charge < -0.3 is 29.4 Å². The second-order valence-electron chi connectivity index (χ2n) is 23.8. The number of fused-ring (bicyclic) bond motifs is 10. The molecule has 0 aliphatic heterocycles. The quantitative estimate of drug-likeness (QED) is 0.0834. The molecule has 10 heteroatoms. The number of hydrogen-bond donors (Lipinski definition) is 0. The fourth-order valence-electron chi connectivity index (χ4n) is 16.3. The summed E-state index contributed by atoms with van der Waals surface area (Å²) in [5, 5.41) is 24.0. The van der Waals surface area contributed by atoms with Gasteiger partial charge in [0.15, 0.2) is 0 Å². The number of carbonyl (C=O) groups excluding carboxylic acids is 6. The first-order valence-corrected chi connectivity index (χ1v) is 26.7. The van der Waals surface area contributed by atoms with Crippen LogP contribution in [0.3, 0.4) is 0 Å². The molecule has 6 fully saturated rings. The molecule has 388 valence electrons. The maximum Gasteiger partial charge on any atom is 4.00 e. The Kier molecular flexibility index (Phi) is 20.3. The molecule has 0 saturated heterocycles. The Bertz CT molecular complexity index is 2170. The van der Waals surface area contributed by atoms with Gasteiger partial charge in [-0.1, -0.05) is 100 Å². The number of halogens is 1. The van der Waals surface area contributed by atoms with Crippen LogP contribution in [0.5, 0.6) is 0 Å². The Morgan fingerprint density at radius 1 is 0.486 bits per heavy atom. The number of hydrogen-bond acceptors (Lipinski definition) is 8. The smallest absolute Gasteiger partial charge is 0.852 e. The molecule has 0 aromatic heterocycles. The van der Waals surface area contributed by atoms with Gasteiger partial charge in [0.1, 0.15) is 11.6 Å². The van der Waals surface area contributed by atoms with Gasteiger partial charge >= 0.3 is 21.7 Å². The number of carbonyl (C=O) groups is 6. The molecule has 0 bridgehead atoms. The Labute approximate surface area is 452 Å². The molecule has 0 heterocycles. The van der Waals surface area contributed by atoms with Gasteiger partial charge in [-0.2, -0.15) is 0 Å². The molecular weight excluding hydrogens is 956 g/mol. The summed E-state index contributed by atoms with van der Waals surface area (Å²) in [7, 11) is 0. The predicted molar refractivity (Wildman–Crippen MR) is 278 cm³/mol. The van der Waals surface area contributed by atoms with Crippen LogP contribution in [-0.2, 0) is 40.9 Å². The molecule has 72 heavy (non-hydrogen) atoms. The van der Waals surface area contributed by atoms with E-state index in [1.165, 1.54) is 63.5 Å². The SMILES string of the molecule is CC(=O)[C@H]1CCC2[C@@H]3CC=C4C[C@@H]([O-])CC[C@]4(C)C3CC[C@@]21C.CC(=O)[C@H]1CCC2[C@@H]3CC=C4C[C@@H]([O-])CC[C@]4(C)C3CC[C@@]21C.CC(=O)[CH-]C(=O)c1ccccc1.CC(=O)[CH-]C(=O)c1ccccc1.Cl.[Ti+4]. The third-order valence-corrected chi connectivity index (χ3v) is 19.9. The first-order chi connectivity index (χ1) is 33.1. The Morgan fingerprint density at radius 3 is 1.15 bits per heavy atom. The van der Waals surface area contributed by atoms with Gasteiger partial charge in [0.2, 0.25) is 0 Å². The molecule has 0 N–H and O–H groups in total. The Morgan fingerprint density at radius 2 is 0.833 bits per heavy atom. The number of allylic oxidation sites excluding steroid dienone is 2. The van der Waals surface area contributed by atoms with Crippen LogP contribution in [0.2, 0.25) is 0 Å². The number of benzene rings is 2. The van der Waals surface area contributed by atoms with E-state index in [9.17, 15) is 39.0 Å². The van der Waals surface area contributed by atoms with E-state index >= 15 is 0 Å². The van der Waals surface area contributed by atoms with E-state index < -0.39 is 0 Å². The largest absolute Gasteiger partial charge is 4.00 e. The number of rotatable bonds is 8. The van der Waals surface area contributed by atoms with Gasteiger partial charge in [-0.25, -0.2) is 0 Å². The third-order valence-electron chi connectivity index (χ3n) is 19.9. The minimum atomic E-state index is -0.367. The van der Waals surface area contributed by atoms with E-state index in [0.29, 0.717) is 34.5 Å². The average molecular weight is 1040 g/mol. The van der Waals surface area contributed by atoms with Gasteiger partial charge in [-0.05, 0) is 175 Å². The summed E-state index contributed by atoms with van der Waals surface area (Å²) in [5.41, 5.74) is 5.10. The normalized spacial score (nSPS) is 36.4. The maximum absolute atomic E-state index is 12.1. The molecule has 0 spiro atoms. The summed E-state index contributed by atoms with van der Waals surface area (Å²) >= 11 is 0. The fourth-order valence-corrected chi connectivity index (χ4v) is 16.3. The molecule has 8 nitrogen and oxygen atoms in total. The van der Waals surface area contributed by atoms with Crippen LogP contribution in [0, 0.1) is 81.8 Å². The van der Waals surface area contributed by atoms with Crippen molar-refractivity contribution in [1.82, 2.24) is 0 Å². The number of ketones is 6. The Hall–Kier alpha value is -3.40. The van der Waals surface area contributed by atoms with E-state index in [-0.39, 0.29) is 91.1 Å². The molecule has 0 radical (unpaired) electrons. The van der Waals surface area contributed by atoms with E-state index in [0.717, 1.165) is 113 Å². The zero-order valence-corrected chi connectivity index (χ0v) is 46.7. The molecule has 2 aromatic rings. The van der Waals surface area contributed by atoms with E-state index in [4.69, 9.17) is 0 Å². The summed E-state index contributed by atoms with van der Waals surface area (Å²) in [6, 6.07) is 17.4. The van der Waals surface area contributed by atoms with Crippen molar-refractivity contribution < 1.29 is 60.7 Å². The van der Waals surface area contributed by atoms with Crippen molar-refractivity contribution >= 4 is 47.1 Å². The maximum atomic E-state index is 12.1. The van der Waals surface area contributed by atoms with Crippen LogP contribution in [0.25, 0.3) is 0 Å². The second kappa shape index (κ2) is 24.5. The molecule has 2 aromatic carbocycles. The van der Waals surface area contributed by atoms with Crippen molar-refractivity contribution in [1.29, 1.82) is 0 Å². The molecule has 14 atom stereocenters. The van der Waals surface area contributed by atoms with Crippen molar-refractivity contribution in [2.75, 3.05) is 0 Å². The summed E-state index contributed by atoms with van der Waals surface area (Å²) in [6.07, 6.45) is 23.8. The van der Waals surface area contributed by atoms with Gasteiger partial charge in [0.25, 0.3) is 0 Å². The molecule has 8 aliphatic carbocycles. The minimum absolute atomic E-state index is 0. The van der Waals surface area contributed by atoms with Crippen molar-refractivity contribution in [3.8, 4) is 0 Å². The van der Waals surface area contributed by atoms with Crippen molar-refractivity contribution in [3.63, 3.8) is 0 Å². The molecule has 4 unspecified atom stereocenters. The van der Waals surface area contributed by atoms with E-state index in [1.807, 2.05) is 12.1 Å². The van der Waals surface area contributed by atoms with Crippen molar-refractivity contribution in [2.24, 2.45) is 69.0 Å². The van der Waals surface area contributed by atoms with Gasteiger partial charge in [0, 0.05) is 23.4 Å². The zero-order valence-electron chi connectivity index (χ0n) is 44.3. The monoisotopic (exact) mass is 1040 g/mol. The average Bonchev–Trinajstić information content (AvgIpc) is 3.87. The number of Topliss-reactive ketones (excluding diaryl/α,β-unsaturated/α-hetero) is 6. The molecule has 10 rings (SSSR count). The zero-order chi connectivity index (χ0) is 50.8. The summed E-state index contributed by atoms with van der Waals surface area (Å²) in [4.78, 5) is 67.8. The molecule has 6 saturated carbocycles. The summed E-state index contributed by atoms with van der Waals surface area (Å²) < 4.78 is 0. The van der Waals surface area contributed by atoms with Gasteiger partial charge in [-0.15, -0.1) is 72.8 Å². The molecule has 0 amide bonds. The topological polar surface area (TPSA) is 149 Å². The fraction of sp³-hybridized carbons (Fsp3) is 0.613. The van der Waals surface area contributed by atoms with Crippen LogP contribution in [0.4, 0.5) is 0 Å². The van der Waals surface area contributed by atoms with Crippen molar-refractivity contribution in [2.45, 2.75) is 170 Å². The van der Waals surface area contributed by atoms with Gasteiger partial charge in [-0.3, -0.25) is 9.59 Å². The third kappa shape index (κ3) is 12.3. The van der Waals surface area contributed by atoms with Crippen LogP contribution >= 0.6 is 12.4 Å². The van der Waals surface area contributed by atoms with Crippen LogP contribution in [0.1, 0.15) is 179 Å². The predicted octanol–water partition coefficient (Wildman–Crippen LogP) is 11.5.